The number of carbonyl (C=O) groups excluding carboxylic acids is 1. The van der Waals surface area contributed by atoms with Gasteiger partial charge in [0.2, 0.25) is 5.91 Å². The van der Waals surface area contributed by atoms with Gasteiger partial charge in [-0.2, -0.15) is 14.6 Å². The van der Waals surface area contributed by atoms with Crippen molar-refractivity contribution in [3.8, 4) is 0 Å². The molecule has 0 aliphatic heterocycles. The van der Waals surface area contributed by atoms with E-state index in [2.05, 4.69) is 20.4 Å². The molecule has 0 fully saturated rings. The molecule has 0 radical (unpaired) electrons. The highest BCUT2D eigenvalue weighted by Crippen LogP contribution is 2.25. The Morgan fingerprint density at radius 2 is 1.97 bits per heavy atom. The minimum Gasteiger partial charge on any atom is -0.362 e. The van der Waals surface area contributed by atoms with E-state index in [9.17, 15) is 9.00 Å². The molecule has 0 bridgehead atoms. The van der Waals surface area contributed by atoms with Crippen molar-refractivity contribution in [1.29, 1.82) is 4.78 Å². The summed E-state index contributed by atoms with van der Waals surface area (Å²) in [7, 11) is 0.948. The maximum Gasteiger partial charge on any atom is 0.254 e. The first-order valence-electron chi connectivity index (χ1n) is 9.15. The van der Waals surface area contributed by atoms with Gasteiger partial charge in [0.05, 0.1) is 15.5 Å². The molecule has 29 heavy (non-hydrogen) atoms. The Morgan fingerprint density at radius 1 is 1.28 bits per heavy atom. The van der Waals surface area contributed by atoms with Crippen LogP contribution in [0.15, 0.2) is 35.5 Å². The van der Waals surface area contributed by atoms with Gasteiger partial charge in [-0.1, -0.05) is 12.1 Å². The number of aryl methyl sites for hydroxylation is 1. The normalized spacial score (nSPS) is 13.2. The second kappa shape index (κ2) is 8.16. The van der Waals surface area contributed by atoms with E-state index in [4.69, 9.17) is 4.78 Å². The van der Waals surface area contributed by atoms with Crippen molar-refractivity contribution >= 4 is 27.2 Å². The summed E-state index contributed by atoms with van der Waals surface area (Å²) in [6.07, 6.45) is 2.10. The Kier molecular flexibility index (Phi) is 5.83. The van der Waals surface area contributed by atoms with E-state index in [-0.39, 0.29) is 18.2 Å². The van der Waals surface area contributed by atoms with Crippen LogP contribution < -0.4 is 10.2 Å². The minimum absolute atomic E-state index is 0.0860. The van der Waals surface area contributed by atoms with Gasteiger partial charge in [-0.25, -0.2) is 14.0 Å². The van der Waals surface area contributed by atoms with Gasteiger partial charge >= 0.3 is 0 Å². The fourth-order valence-corrected chi connectivity index (χ4v) is 4.36. The molecule has 1 amide bonds. The molecule has 9 nitrogen and oxygen atoms in total. The number of aromatic nitrogens is 4. The van der Waals surface area contributed by atoms with Crippen molar-refractivity contribution in [3.05, 3.63) is 47.4 Å². The quantitative estimate of drug-likeness (QED) is 0.606. The maximum absolute atomic E-state index is 12.6. The molecule has 0 saturated heterocycles. The summed E-state index contributed by atoms with van der Waals surface area (Å²) in [5.74, 6) is 1.36. The number of hydrogen-bond acceptors (Lipinski definition) is 7. The molecule has 1 aromatic carbocycles. The van der Waals surface area contributed by atoms with Gasteiger partial charge in [0.1, 0.15) is 12.1 Å². The molecular weight excluding hydrogens is 390 g/mol. The number of benzene rings is 1. The number of rotatable bonds is 7. The molecule has 3 aromatic rings. The van der Waals surface area contributed by atoms with Crippen molar-refractivity contribution in [2.24, 2.45) is 0 Å². The average molecular weight is 416 g/mol. The van der Waals surface area contributed by atoms with Crippen molar-refractivity contribution in [2.75, 3.05) is 31.3 Å². The van der Waals surface area contributed by atoms with Crippen molar-refractivity contribution in [3.63, 3.8) is 0 Å². The third-order valence-corrected chi connectivity index (χ3v) is 6.39. The number of anilines is 1. The molecule has 3 rings (SSSR count). The Balaban J connectivity index is 1.86. The van der Waals surface area contributed by atoms with E-state index in [1.807, 2.05) is 38.1 Å². The number of nitrogens with one attached hydrogen (secondary N) is 2. The standard InChI is InChI=1S/C19H25N7O2S/c1-13-17(18(25(3)4)26-19(24-13)22-12-23-26)11-15-5-7-16(8-6-15)29(20,28)10-9-21-14(2)27/h5-8,12,20H,9-11H2,1-4H3,(H,21,27). The third-order valence-electron chi connectivity index (χ3n) is 4.58. The fraction of sp³-hybridized carbons (Fsp3) is 0.368. The number of amides is 1. The van der Waals surface area contributed by atoms with Gasteiger partial charge in [-0.3, -0.25) is 4.79 Å². The summed E-state index contributed by atoms with van der Waals surface area (Å²) in [6.45, 7) is 3.56. The largest absolute Gasteiger partial charge is 0.362 e. The predicted octanol–water partition coefficient (Wildman–Crippen LogP) is 1.63. The molecule has 2 N–H and O–H groups in total. The minimum atomic E-state index is -2.95. The van der Waals surface area contributed by atoms with Crippen LogP contribution in [0.1, 0.15) is 23.7 Å². The highest BCUT2D eigenvalue weighted by molar-refractivity contribution is 7.92. The van der Waals surface area contributed by atoms with Crippen LogP contribution in [0.5, 0.6) is 0 Å². The SMILES string of the molecule is CC(=O)NCCS(=N)(=O)c1ccc(Cc2c(C)nc3ncnn3c2N(C)C)cc1. The van der Waals surface area contributed by atoms with E-state index < -0.39 is 9.73 Å². The van der Waals surface area contributed by atoms with Gasteiger partial charge in [-0.15, -0.1) is 0 Å². The topological polar surface area (TPSA) is 116 Å². The average Bonchev–Trinajstić information content (AvgIpc) is 3.09. The zero-order valence-electron chi connectivity index (χ0n) is 17.0. The second-order valence-corrected chi connectivity index (χ2v) is 9.28. The molecule has 10 heteroatoms. The summed E-state index contributed by atoms with van der Waals surface area (Å²) in [6, 6.07) is 7.22. The highest BCUT2D eigenvalue weighted by atomic mass is 32.2. The Morgan fingerprint density at radius 3 is 2.59 bits per heavy atom. The summed E-state index contributed by atoms with van der Waals surface area (Å²) < 4.78 is 22.5. The van der Waals surface area contributed by atoms with E-state index in [1.54, 1.807) is 16.6 Å². The zero-order valence-corrected chi connectivity index (χ0v) is 17.8. The van der Waals surface area contributed by atoms with Crippen LogP contribution in [-0.4, -0.2) is 56.1 Å². The summed E-state index contributed by atoms with van der Waals surface area (Å²) in [5.41, 5.74) is 2.91. The molecule has 1 atom stereocenters. The molecule has 0 spiro atoms. The summed E-state index contributed by atoms with van der Waals surface area (Å²) in [4.78, 5) is 22.1. The van der Waals surface area contributed by atoms with E-state index in [1.165, 1.54) is 13.3 Å². The number of fused-ring (bicyclic) bond motifs is 1. The van der Waals surface area contributed by atoms with E-state index >= 15 is 0 Å². The first kappa shape index (κ1) is 20.7. The highest BCUT2D eigenvalue weighted by Gasteiger charge is 2.17. The van der Waals surface area contributed by atoms with Gasteiger partial charge in [0, 0.05) is 50.1 Å². The lowest BCUT2D eigenvalue weighted by molar-refractivity contribution is -0.118. The predicted molar refractivity (Wildman–Crippen MR) is 112 cm³/mol. The van der Waals surface area contributed by atoms with Crippen molar-refractivity contribution < 1.29 is 9.00 Å². The second-order valence-electron chi connectivity index (χ2n) is 7.05. The lowest BCUT2D eigenvalue weighted by Crippen LogP contribution is -2.26. The summed E-state index contributed by atoms with van der Waals surface area (Å²) >= 11 is 0. The maximum atomic E-state index is 12.6. The summed E-state index contributed by atoms with van der Waals surface area (Å²) in [5, 5.41) is 6.87. The lowest BCUT2D eigenvalue weighted by atomic mass is 10.0. The van der Waals surface area contributed by atoms with Crippen molar-refractivity contribution in [1.82, 2.24) is 24.9 Å². The van der Waals surface area contributed by atoms with Crippen LogP contribution in [0.4, 0.5) is 5.82 Å². The molecule has 154 valence electrons. The van der Waals surface area contributed by atoms with Gasteiger partial charge in [-0.05, 0) is 24.6 Å². The first-order valence-corrected chi connectivity index (χ1v) is 10.9. The molecule has 0 aliphatic carbocycles. The number of carbonyl (C=O) groups is 1. The van der Waals surface area contributed by atoms with Gasteiger partial charge in [0.15, 0.2) is 0 Å². The zero-order chi connectivity index (χ0) is 21.2. The van der Waals surface area contributed by atoms with Crippen LogP contribution in [0, 0.1) is 11.7 Å². The van der Waals surface area contributed by atoms with E-state index in [0.717, 1.165) is 22.6 Å². The van der Waals surface area contributed by atoms with Crippen LogP contribution in [0.3, 0.4) is 0 Å². The Labute approximate surface area is 170 Å². The molecule has 0 saturated carbocycles. The molecule has 1 unspecified atom stereocenters. The molecule has 0 aliphatic rings. The van der Waals surface area contributed by atoms with Crippen LogP contribution >= 0.6 is 0 Å². The number of hydrogen-bond donors (Lipinski definition) is 2. The smallest absolute Gasteiger partial charge is 0.254 e. The molecule has 2 heterocycles. The van der Waals surface area contributed by atoms with Crippen molar-refractivity contribution in [2.45, 2.75) is 25.2 Å². The van der Waals surface area contributed by atoms with Crippen LogP contribution in [0.25, 0.3) is 5.78 Å². The molecular formula is C19H25N7O2S. The Hall–Kier alpha value is -3.01. The molecule has 2 aromatic heterocycles. The lowest BCUT2D eigenvalue weighted by Gasteiger charge is -2.20. The van der Waals surface area contributed by atoms with Gasteiger partial charge < -0.3 is 10.2 Å². The first-order chi connectivity index (χ1) is 13.7. The fourth-order valence-electron chi connectivity index (χ4n) is 3.15. The van der Waals surface area contributed by atoms with Crippen LogP contribution in [-0.2, 0) is 20.9 Å². The van der Waals surface area contributed by atoms with E-state index in [0.29, 0.717) is 17.1 Å². The monoisotopic (exact) mass is 415 g/mol. The van der Waals surface area contributed by atoms with Gasteiger partial charge in [0.25, 0.3) is 5.78 Å². The number of nitrogens with zero attached hydrogens (tertiary/aromatic N) is 5. The van der Waals surface area contributed by atoms with Crippen LogP contribution in [0.2, 0.25) is 0 Å². The Bertz CT molecular complexity index is 1140. The third kappa shape index (κ3) is 4.53.